The van der Waals surface area contributed by atoms with Crippen LogP contribution >= 0.6 is 0 Å². The highest BCUT2D eigenvalue weighted by atomic mass is 16.6. The molecule has 6 heteroatoms. The van der Waals surface area contributed by atoms with Crippen molar-refractivity contribution in [3.8, 4) is 5.88 Å². The summed E-state index contributed by atoms with van der Waals surface area (Å²) in [5.41, 5.74) is -0.503. The number of Topliss-reactive ketones (excluding diaryl/α,β-unsaturated/α-hetero) is 1. The summed E-state index contributed by atoms with van der Waals surface area (Å²) in [5.74, 6) is -0.919. The third-order valence-electron chi connectivity index (χ3n) is 1.91. The van der Waals surface area contributed by atoms with E-state index in [2.05, 4.69) is 4.98 Å². The Morgan fingerprint density at radius 1 is 1.35 bits per heavy atom. The number of rotatable bonds is 1. The molecule has 0 atom stereocenters. The van der Waals surface area contributed by atoms with Crippen LogP contribution in [-0.4, -0.2) is 32.1 Å². The quantitative estimate of drug-likeness (QED) is 0.758. The molecule has 94 valence electrons. The Morgan fingerprint density at radius 2 is 1.88 bits per heavy atom. The van der Waals surface area contributed by atoms with Crippen LogP contribution in [0.15, 0.2) is 0 Å². The minimum Gasteiger partial charge on any atom is -0.493 e. The normalized spacial score (nSPS) is 11.4. The molecule has 0 radical (unpaired) electrons. The molecule has 0 aliphatic rings. The van der Waals surface area contributed by atoms with Gasteiger partial charge in [0.25, 0.3) is 0 Å². The summed E-state index contributed by atoms with van der Waals surface area (Å²) in [4.78, 5) is 26.9. The molecule has 0 spiro atoms. The molecule has 0 aliphatic carbocycles. The van der Waals surface area contributed by atoms with E-state index in [9.17, 15) is 14.7 Å². The third kappa shape index (κ3) is 2.83. The Balaban J connectivity index is 3.21. The number of aromatic hydroxyl groups is 1. The van der Waals surface area contributed by atoms with E-state index in [1.165, 1.54) is 13.8 Å². The number of aromatic nitrogens is 2. The smallest absolute Gasteiger partial charge is 0.423 e. The van der Waals surface area contributed by atoms with Crippen LogP contribution in [0.2, 0.25) is 0 Å². The van der Waals surface area contributed by atoms with E-state index in [-0.39, 0.29) is 17.4 Å². The Kier molecular flexibility index (Phi) is 3.26. The molecular formula is C11H16N2O4. The molecule has 0 amide bonds. The predicted molar refractivity (Wildman–Crippen MR) is 60.3 cm³/mol. The lowest BCUT2D eigenvalue weighted by atomic mass is 10.2. The highest BCUT2D eigenvalue weighted by Gasteiger charge is 2.26. The first-order chi connectivity index (χ1) is 7.63. The van der Waals surface area contributed by atoms with Crippen LogP contribution in [0, 0.1) is 6.92 Å². The van der Waals surface area contributed by atoms with Crippen molar-refractivity contribution in [1.29, 1.82) is 0 Å². The van der Waals surface area contributed by atoms with Crippen LogP contribution in [0.5, 0.6) is 5.88 Å². The van der Waals surface area contributed by atoms with Crippen LogP contribution in [0.4, 0.5) is 4.79 Å². The first-order valence-corrected chi connectivity index (χ1v) is 5.16. The maximum absolute atomic E-state index is 11.8. The molecular weight excluding hydrogens is 224 g/mol. The fourth-order valence-corrected chi connectivity index (χ4v) is 1.24. The predicted octanol–water partition coefficient (Wildman–Crippen LogP) is 1.88. The summed E-state index contributed by atoms with van der Waals surface area (Å²) in [5, 5.41) is 9.68. The molecule has 6 nitrogen and oxygen atoms in total. The Labute approximate surface area is 99.2 Å². The van der Waals surface area contributed by atoms with Crippen LogP contribution in [0.1, 0.15) is 44.0 Å². The van der Waals surface area contributed by atoms with Crippen molar-refractivity contribution in [3.05, 3.63) is 11.5 Å². The number of nitrogens with zero attached hydrogens (tertiary/aromatic N) is 2. The van der Waals surface area contributed by atoms with Gasteiger partial charge >= 0.3 is 6.09 Å². The molecule has 0 unspecified atom stereocenters. The van der Waals surface area contributed by atoms with Gasteiger partial charge in [0.15, 0.2) is 11.6 Å². The maximum atomic E-state index is 11.8. The lowest BCUT2D eigenvalue weighted by molar-refractivity contribution is 0.0515. The first-order valence-electron chi connectivity index (χ1n) is 5.16. The van der Waals surface area contributed by atoms with Gasteiger partial charge in [0, 0.05) is 6.92 Å². The highest BCUT2D eigenvalue weighted by molar-refractivity contribution is 5.94. The van der Waals surface area contributed by atoms with Gasteiger partial charge in [-0.05, 0) is 27.7 Å². The number of aryl methyl sites for hydroxylation is 1. The summed E-state index contributed by atoms with van der Waals surface area (Å²) < 4.78 is 5.86. The number of carbonyl (C=O) groups excluding carboxylic acids is 2. The van der Waals surface area contributed by atoms with E-state index in [4.69, 9.17) is 4.74 Å². The molecule has 0 aromatic carbocycles. The lowest BCUT2D eigenvalue weighted by Crippen LogP contribution is -2.28. The minimum absolute atomic E-state index is 0.130. The summed E-state index contributed by atoms with van der Waals surface area (Å²) in [6.45, 7) is 7.85. The summed E-state index contributed by atoms with van der Waals surface area (Å²) in [6, 6.07) is 0. The van der Waals surface area contributed by atoms with Gasteiger partial charge in [-0.25, -0.2) is 9.78 Å². The summed E-state index contributed by atoms with van der Waals surface area (Å²) in [6.07, 6.45) is -0.819. The van der Waals surface area contributed by atoms with E-state index in [1.54, 1.807) is 20.8 Å². The Bertz CT molecular complexity index is 469. The van der Waals surface area contributed by atoms with Gasteiger partial charge < -0.3 is 9.84 Å². The zero-order valence-corrected chi connectivity index (χ0v) is 10.6. The fraction of sp³-hybridized carbons (Fsp3) is 0.545. The highest BCUT2D eigenvalue weighted by Crippen LogP contribution is 2.20. The van der Waals surface area contributed by atoms with Crippen molar-refractivity contribution in [2.75, 3.05) is 0 Å². The number of ether oxygens (including phenoxy) is 1. The van der Waals surface area contributed by atoms with E-state index < -0.39 is 17.5 Å². The zero-order valence-electron chi connectivity index (χ0n) is 10.6. The van der Waals surface area contributed by atoms with Gasteiger partial charge in [-0.3, -0.25) is 4.79 Å². The van der Waals surface area contributed by atoms with Gasteiger partial charge in [0.05, 0.1) is 0 Å². The summed E-state index contributed by atoms with van der Waals surface area (Å²) >= 11 is 0. The van der Waals surface area contributed by atoms with Crippen LogP contribution in [0.3, 0.4) is 0 Å². The number of hydrogen-bond acceptors (Lipinski definition) is 5. The SMILES string of the molecule is CC(=O)c1nc(C)c(O)n1C(=O)OC(C)(C)C. The van der Waals surface area contributed by atoms with E-state index in [1.807, 2.05) is 0 Å². The van der Waals surface area contributed by atoms with Crippen LogP contribution < -0.4 is 0 Å². The Morgan fingerprint density at radius 3 is 2.29 bits per heavy atom. The molecule has 0 saturated carbocycles. The average molecular weight is 240 g/mol. The molecule has 1 N–H and O–H groups in total. The van der Waals surface area contributed by atoms with Crippen molar-refractivity contribution < 1.29 is 19.4 Å². The largest absolute Gasteiger partial charge is 0.493 e. The van der Waals surface area contributed by atoms with Crippen molar-refractivity contribution >= 4 is 11.9 Å². The summed E-state index contributed by atoms with van der Waals surface area (Å²) in [7, 11) is 0. The molecule has 0 fully saturated rings. The van der Waals surface area contributed by atoms with E-state index in [0.29, 0.717) is 0 Å². The molecule has 1 rings (SSSR count). The molecule has 17 heavy (non-hydrogen) atoms. The van der Waals surface area contributed by atoms with Gasteiger partial charge in [-0.2, -0.15) is 4.57 Å². The minimum atomic E-state index is -0.819. The average Bonchev–Trinajstić information content (AvgIpc) is 2.40. The van der Waals surface area contributed by atoms with Crippen LogP contribution in [0.25, 0.3) is 0 Å². The standard InChI is InChI=1S/C11H16N2O4/c1-6-9(15)13(8(12-6)7(2)14)10(16)17-11(3,4)5/h15H,1-5H3. The molecule has 1 aromatic rings. The second-order valence-corrected chi connectivity index (χ2v) is 4.72. The van der Waals surface area contributed by atoms with E-state index >= 15 is 0 Å². The van der Waals surface area contributed by atoms with E-state index in [0.717, 1.165) is 4.57 Å². The number of hydrogen-bond donors (Lipinski definition) is 1. The lowest BCUT2D eigenvalue weighted by Gasteiger charge is -2.20. The molecule has 0 bridgehead atoms. The first kappa shape index (κ1) is 13.2. The monoisotopic (exact) mass is 240 g/mol. The number of ketones is 1. The van der Waals surface area contributed by atoms with Gasteiger partial charge in [-0.15, -0.1) is 0 Å². The number of imidazole rings is 1. The second-order valence-electron chi connectivity index (χ2n) is 4.72. The number of carbonyl (C=O) groups is 2. The van der Waals surface area contributed by atoms with Crippen molar-refractivity contribution in [2.24, 2.45) is 0 Å². The molecule has 1 heterocycles. The third-order valence-corrected chi connectivity index (χ3v) is 1.91. The van der Waals surface area contributed by atoms with Crippen molar-refractivity contribution in [3.63, 3.8) is 0 Å². The second kappa shape index (κ2) is 4.20. The van der Waals surface area contributed by atoms with Gasteiger partial charge in [0.2, 0.25) is 5.88 Å². The van der Waals surface area contributed by atoms with Gasteiger partial charge in [-0.1, -0.05) is 0 Å². The fourth-order valence-electron chi connectivity index (χ4n) is 1.24. The van der Waals surface area contributed by atoms with Crippen LogP contribution in [-0.2, 0) is 4.74 Å². The zero-order chi connectivity index (χ0) is 13.4. The topological polar surface area (TPSA) is 81.4 Å². The van der Waals surface area contributed by atoms with Crippen molar-refractivity contribution in [1.82, 2.24) is 9.55 Å². The van der Waals surface area contributed by atoms with Crippen molar-refractivity contribution in [2.45, 2.75) is 40.2 Å². The molecule has 0 saturated heterocycles. The van der Waals surface area contributed by atoms with Gasteiger partial charge in [0.1, 0.15) is 11.3 Å². The molecule has 0 aliphatic heterocycles. The molecule has 1 aromatic heterocycles. The Hall–Kier alpha value is -1.85. The maximum Gasteiger partial charge on any atom is 0.423 e.